The van der Waals surface area contributed by atoms with E-state index in [-0.39, 0.29) is 24.4 Å². The highest BCUT2D eigenvalue weighted by Crippen LogP contribution is 2.21. The van der Waals surface area contributed by atoms with Gasteiger partial charge < -0.3 is 24.8 Å². The van der Waals surface area contributed by atoms with E-state index < -0.39 is 11.8 Å². The second-order valence-electron chi connectivity index (χ2n) is 7.59. The van der Waals surface area contributed by atoms with Crippen LogP contribution >= 0.6 is 0 Å². The molecule has 1 aromatic carbocycles. The predicted molar refractivity (Wildman–Crippen MR) is 113 cm³/mol. The van der Waals surface area contributed by atoms with Gasteiger partial charge in [0.05, 0.1) is 24.5 Å². The third-order valence-corrected chi connectivity index (χ3v) is 5.29. The first-order valence-corrected chi connectivity index (χ1v) is 10.1. The van der Waals surface area contributed by atoms with Crippen LogP contribution in [0.3, 0.4) is 0 Å². The summed E-state index contributed by atoms with van der Waals surface area (Å²) in [7, 11) is 1.52. The number of anilines is 1. The number of hydrogen-bond donors (Lipinski definition) is 2. The van der Waals surface area contributed by atoms with Gasteiger partial charge in [0, 0.05) is 46.8 Å². The number of halogens is 1. The lowest BCUT2D eigenvalue weighted by Crippen LogP contribution is -2.49. The second kappa shape index (κ2) is 10.2. The summed E-state index contributed by atoms with van der Waals surface area (Å²) in [6, 6.07) is 6.80. The maximum Gasteiger partial charge on any atom is 0.219 e. The molecular formula is C22H30FN3O4. The molecule has 8 heteroatoms. The standard InChI is InChI=1S/C22H30FN3O4/c1-17(27)24-22(29-2)9-7-19(8-10-22)30-16-18(28)15-25-11-13-26(14-12-25)21-6-4-3-5-20(21)23/h3-10,18-19,28H,11-16H2,1-2H3,(H,24,27). The molecule has 1 aliphatic carbocycles. The van der Waals surface area contributed by atoms with Gasteiger partial charge in [-0.25, -0.2) is 4.39 Å². The van der Waals surface area contributed by atoms with Crippen molar-refractivity contribution < 1.29 is 23.8 Å². The van der Waals surface area contributed by atoms with E-state index in [9.17, 15) is 14.3 Å². The van der Waals surface area contributed by atoms with Crippen LogP contribution in [0.25, 0.3) is 0 Å². The van der Waals surface area contributed by atoms with E-state index >= 15 is 0 Å². The molecule has 1 aromatic rings. The normalized spacial score (nSPS) is 25.3. The highest BCUT2D eigenvalue weighted by atomic mass is 19.1. The molecule has 3 rings (SSSR count). The quantitative estimate of drug-likeness (QED) is 0.489. The highest BCUT2D eigenvalue weighted by Gasteiger charge is 2.28. The van der Waals surface area contributed by atoms with E-state index in [4.69, 9.17) is 9.47 Å². The minimum Gasteiger partial charge on any atom is -0.389 e. The Morgan fingerprint density at radius 2 is 1.93 bits per heavy atom. The number of rotatable bonds is 8. The van der Waals surface area contributed by atoms with Crippen molar-refractivity contribution in [1.29, 1.82) is 0 Å². The van der Waals surface area contributed by atoms with Crippen molar-refractivity contribution in [3.05, 3.63) is 54.4 Å². The van der Waals surface area contributed by atoms with Gasteiger partial charge in [0.25, 0.3) is 0 Å². The molecule has 0 radical (unpaired) electrons. The lowest BCUT2D eigenvalue weighted by Gasteiger charge is -2.37. The Morgan fingerprint density at radius 1 is 1.27 bits per heavy atom. The largest absolute Gasteiger partial charge is 0.389 e. The number of carbonyl (C=O) groups is 1. The lowest BCUT2D eigenvalue weighted by atomic mass is 10.0. The molecule has 0 bridgehead atoms. The summed E-state index contributed by atoms with van der Waals surface area (Å²) < 4.78 is 25.1. The molecular weight excluding hydrogens is 389 g/mol. The van der Waals surface area contributed by atoms with Crippen LogP contribution in [0.5, 0.6) is 0 Å². The maximum absolute atomic E-state index is 13.9. The molecule has 2 aliphatic rings. The van der Waals surface area contributed by atoms with E-state index in [0.29, 0.717) is 25.3 Å². The number of aliphatic hydroxyl groups is 1. The number of para-hydroxylation sites is 1. The number of carbonyl (C=O) groups excluding carboxylic acids is 1. The number of β-amino-alcohol motifs (C(OH)–C–C–N with tert-alkyl or cyclic N) is 1. The first kappa shape index (κ1) is 22.4. The minimum atomic E-state index is -0.956. The van der Waals surface area contributed by atoms with E-state index in [2.05, 4.69) is 10.2 Å². The van der Waals surface area contributed by atoms with Crippen molar-refractivity contribution in [3.63, 3.8) is 0 Å². The Balaban J connectivity index is 1.40. The summed E-state index contributed by atoms with van der Waals surface area (Å²) in [5.74, 6) is -0.403. The van der Waals surface area contributed by atoms with Crippen molar-refractivity contribution >= 4 is 11.6 Å². The molecule has 1 saturated heterocycles. The number of nitrogens with one attached hydrogen (secondary N) is 1. The van der Waals surface area contributed by atoms with Crippen LogP contribution in [-0.2, 0) is 14.3 Å². The Morgan fingerprint density at radius 3 is 2.53 bits per heavy atom. The zero-order chi connectivity index (χ0) is 21.6. The van der Waals surface area contributed by atoms with Gasteiger partial charge in [-0.3, -0.25) is 9.69 Å². The van der Waals surface area contributed by atoms with Crippen molar-refractivity contribution in [2.24, 2.45) is 0 Å². The number of ether oxygens (including phenoxy) is 2. The van der Waals surface area contributed by atoms with E-state index in [1.54, 1.807) is 36.4 Å². The van der Waals surface area contributed by atoms with Gasteiger partial charge in [-0.1, -0.05) is 24.3 Å². The van der Waals surface area contributed by atoms with Gasteiger partial charge in [-0.15, -0.1) is 0 Å². The van der Waals surface area contributed by atoms with Gasteiger partial charge >= 0.3 is 0 Å². The Kier molecular flexibility index (Phi) is 7.60. The number of hydrogen-bond acceptors (Lipinski definition) is 6. The van der Waals surface area contributed by atoms with Gasteiger partial charge in [0.1, 0.15) is 5.82 Å². The summed E-state index contributed by atoms with van der Waals surface area (Å²) in [6.07, 6.45) is 6.12. The molecule has 0 spiro atoms. The molecule has 7 nitrogen and oxygen atoms in total. The van der Waals surface area contributed by atoms with Gasteiger partial charge in [-0.2, -0.15) is 0 Å². The van der Waals surface area contributed by atoms with Crippen molar-refractivity contribution in [2.75, 3.05) is 51.3 Å². The van der Waals surface area contributed by atoms with Crippen LogP contribution in [0.2, 0.25) is 0 Å². The monoisotopic (exact) mass is 419 g/mol. The van der Waals surface area contributed by atoms with Gasteiger partial charge in [0.15, 0.2) is 5.72 Å². The third-order valence-electron chi connectivity index (χ3n) is 5.29. The van der Waals surface area contributed by atoms with Crippen LogP contribution in [0, 0.1) is 5.82 Å². The Bertz CT molecular complexity index is 763. The molecule has 0 saturated carbocycles. The molecule has 164 valence electrons. The van der Waals surface area contributed by atoms with Crippen molar-refractivity contribution in [3.8, 4) is 0 Å². The fourth-order valence-corrected chi connectivity index (χ4v) is 3.70. The maximum atomic E-state index is 13.9. The summed E-state index contributed by atoms with van der Waals surface area (Å²) >= 11 is 0. The predicted octanol–water partition coefficient (Wildman–Crippen LogP) is 1.30. The Hall–Kier alpha value is -2.26. The molecule has 0 aromatic heterocycles. The number of amides is 1. The number of methoxy groups -OCH3 is 1. The van der Waals surface area contributed by atoms with Crippen LogP contribution in [0.15, 0.2) is 48.6 Å². The SMILES string of the molecule is COC1(NC(C)=O)C=CC(OCC(O)CN2CCN(c3ccccc3F)CC2)C=C1. The smallest absolute Gasteiger partial charge is 0.219 e. The van der Waals surface area contributed by atoms with E-state index in [1.165, 1.54) is 20.1 Å². The fraction of sp³-hybridized carbons (Fsp3) is 0.500. The molecule has 1 unspecified atom stereocenters. The molecule has 1 atom stereocenters. The third kappa shape index (κ3) is 5.89. The summed E-state index contributed by atoms with van der Waals surface area (Å²) in [5, 5.41) is 13.1. The zero-order valence-electron chi connectivity index (χ0n) is 17.5. The van der Waals surface area contributed by atoms with Crippen LogP contribution in [-0.4, -0.2) is 80.3 Å². The number of aliphatic hydroxyl groups excluding tert-OH is 1. The first-order chi connectivity index (χ1) is 14.4. The van der Waals surface area contributed by atoms with Crippen molar-refractivity contribution in [1.82, 2.24) is 10.2 Å². The first-order valence-electron chi connectivity index (χ1n) is 10.1. The molecule has 30 heavy (non-hydrogen) atoms. The average Bonchev–Trinajstić information content (AvgIpc) is 2.74. The molecule has 1 heterocycles. The van der Waals surface area contributed by atoms with Crippen LogP contribution < -0.4 is 10.2 Å². The minimum absolute atomic E-state index is 0.187. The van der Waals surface area contributed by atoms with E-state index in [1.807, 2.05) is 11.0 Å². The van der Waals surface area contributed by atoms with Crippen molar-refractivity contribution in [2.45, 2.75) is 24.9 Å². The fourth-order valence-electron chi connectivity index (χ4n) is 3.70. The van der Waals surface area contributed by atoms with E-state index in [0.717, 1.165) is 13.1 Å². The summed E-state index contributed by atoms with van der Waals surface area (Å²) in [4.78, 5) is 15.5. The van der Waals surface area contributed by atoms with Gasteiger partial charge in [0.2, 0.25) is 5.91 Å². The summed E-state index contributed by atoms with van der Waals surface area (Å²) in [5.41, 5.74) is -0.328. The summed E-state index contributed by atoms with van der Waals surface area (Å²) in [6.45, 7) is 5.04. The average molecular weight is 419 g/mol. The second-order valence-corrected chi connectivity index (χ2v) is 7.59. The van der Waals surface area contributed by atoms with Crippen LogP contribution in [0.4, 0.5) is 10.1 Å². The molecule has 1 fully saturated rings. The zero-order valence-corrected chi connectivity index (χ0v) is 17.5. The number of benzene rings is 1. The lowest BCUT2D eigenvalue weighted by molar-refractivity contribution is -0.124. The topological polar surface area (TPSA) is 74.3 Å². The van der Waals surface area contributed by atoms with Crippen LogP contribution in [0.1, 0.15) is 6.92 Å². The molecule has 1 amide bonds. The molecule has 2 N–H and O–H groups in total. The highest BCUT2D eigenvalue weighted by molar-refractivity contribution is 5.74. The molecule has 1 aliphatic heterocycles. The van der Waals surface area contributed by atoms with Gasteiger partial charge in [-0.05, 0) is 24.3 Å². The Labute approximate surface area is 176 Å². The number of piperazine rings is 1. The number of nitrogens with zero attached hydrogens (tertiary/aromatic N) is 2.